The molecule has 1 aliphatic heterocycles. The third-order valence-corrected chi connectivity index (χ3v) is 5.19. The van der Waals surface area contributed by atoms with Gasteiger partial charge in [0.15, 0.2) is 0 Å². The zero-order chi connectivity index (χ0) is 19.6. The minimum absolute atomic E-state index is 0.0656. The normalized spacial score (nSPS) is 14.6. The van der Waals surface area contributed by atoms with Crippen LogP contribution in [0.1, 0.15) is 41.3 Å². The molecule has 1 heterocycles. The molecule has 0 bridgehead atoms. The SMILES string of the molecule is COc1cc(C)c(C(=O)N2CCN(c3ccc(F)cc3)CC2)cc1C(C)C. The van der Waals surface area contributed by atoms with Gasteiger partial charge in [-0.05, 0) is 60.4 Å². The molecule has 27 heavy (non-hydrogen) atoms. The van der Waals surface area contributed by atoms with Crippen LogP contribution in [0.15, 0.2) is 36.4 Å². The highest BCUT2D eigenvalue weighted by Crippen LogP contribution is 2.30. The summed E-state index contributed by atoms with van der Waals surface area (Å²) in [6, 6.07) is 10.5. The van der Waals surface area contributed by atoms with Crippen molar-refractivity contribution in [3.05, 3.63) is 58.9 Å². The number of hydrogen-bond donors (Lipinski definition) is 0. The Balaban J connectivity index is 1.74. The fourth-order valence-corrected chi connectivity index (χ4v) is 3.55. The maximum atomic E-state index is 13.1. The number of benzene rings is 2. The van der Waals surface area contributed by atoms with Crippen LogP contribution in [-0.4, -0.2) is 44.1 Å². The molecule has 0 N–H and O–H groups in total. The van der Waals surface area contributed by atoms with Crippen molar-refractivity contribution in [2.45, 2.75) is 26.7 Å². The Hall–Kier alpha value is -2.56. The molecule has 0 aromatic heterocycles. The fraction of sp³-hybridized carbons (Fsp3) is 0.409. The number of rotatable bonds is 4. The highest BCUT2D eigenvalue weighted by Gasteiger charge is 2.24. The second-order valence-electron chi connectivity index (χ2n) is 7.32. The highest BCUT2D eigenvalue weighted by atomic mass is 19.1. The summed E-state index contributed by atoms with van der Waals surface area (Å²) in [5.41, 5.74) is 3.72. The van der Waals surface area contributed by atoms with Gasteiger partial charge in [0, 0.05) is 37.4 Å². The number of aryl methyl sites for hydroxylation is 1. The number of amides is 1. The van der Waals surface area contributed by atoms with Gasteiger partial charge in [-0.2, -0.15) is 0 Å². The molecule has 1 saturated heterocycles. The second kappa shape index (κ2) is 7.99. The molecule has 0 unspecified atom stereocenters. The predicted octanol–water partition coefficient (Wildman–Crippen LogP) is 4.23. The van der Waals surface area contributed by atoms with Crippen LogP contribution in [0.4, 0.5) is 10.1 Å². The molecular weight excluding hydrogens is 343 g/mol. The van der Waals surface area contributed by atoms with E-state index in [1.54, 1.807) is 19.2 Å². The lowest BCUT2D eigenvalue weighted by Crippen LogP contribution is -2.49. The van der Waals surface area contributed by atoms with E-state index in [9.17, 15) is 9.18 Å². The predicted molar refractivity (Wildman–Crippen MR) is 106 cm³/mol. The molecular formula is C22H27FN2O2. The standard InChI is InChI=1S/C22H27FN2O2/c1-15(2)19-14-20(16(3)13-21(19)27-4)22(26)25-11-9-24(10-12-25)18-7-5-17(23)6-8-18/h5-8,13-15H,9-12H2,1-4H3. The Kier molecular flexibility index (Phi) is 5.68. The maximum Gasteiger partial charge on any atom is 0.254 e. The van der Waals surface area contributed by atoms with Crippen molar-refractivity contribution in [3.63, 3.8) is 0 Å². The van der Waals surface area contributed by atoms with Gasteiger partial charge in [0.25, 0.3) is 5.91 Å². The Morgan fingerprint density at radius 1 is 1.07 bits per heavy atom. The number of hydrogen-bond acceptors (Lipinski definition) is 3. The summed E-state index contributed by atoms with van der Waals surface area (Å²) in [7, 11) is 1.66. The van der Waals surface area contributed by atoms with Crippen LogP contribution in [0.25, 0.3) is 0 Å². The number of methoxy groups -OCH3 is 1. The van der Waals surface area contributed by atoms with Gasteiger partial charge in [-0.3, -0.25) is 4.79 Å². The van der Waals surface area contributed by atoms with E-state index in [-0.39, 0.29) is 17.6 Å². The summed E-state index contributed by atoms with van der Waals surface area (Å²) in [5, 5.41) is 0. The third kappa shape index (κ3) is 4.07. The number of nitrogens with zero attached hydrogens (tertiary/aromatic N) is 2. The van der Waals surface area contributed by atoms with Gasteiger partial charge < -0.3 is 14.5 Å². The average molecular weight is 370 g/mol. The molecule has 1 fully saturated rings. The lowest BCUT2D eigenvalue weighted by atomic mass is 9.95. The van der Waals surface area contributed by atoms with Crippen molar-refractivity contribution in [3.8, 4) is 5.75 Å². The van der Waals surface area contributed by atoms with Crippen LogP contribution in [0.5, 0.6) is 5.75 Å². The molecule has 3 rings (SSSR count). The van der Waals surface area contributed by atoms with Crippen LogP contribution in [-0.2, 0) is 0 Å². The summed E-state index contributed by atoms with van der Waals surface area (Å²) in [6.45, 7) is 8.94. The van der Waals surface area contributed by atoms with Gasteiger partial charge in [-0.1, -0.05) is 13.8 Å². The van der Waals surface area contributed by atoms with Crippen LogP contribution < -0.4 is 9.64 Å². The van der Waals surface area contributed by atoms with Crippen LogP contribution >= 0.6 is 0 Å². The van der Waals surface area contributed by atoms with E-state index in [1.165, 1.54) is 12.1 Å². The first-order valence-electron chi connectivity index (χ1n) is 9.39. The number of carbonyl (C=O) groups excluding carboxylic acids is 1. The van der Waals surface area contributed by atoms with E-state index in [0.29, 0.717) is 13.1 Å². The highest BCUT2D eigenvalue weighted by molar-refractivity contribution is 5.96. The van der Waals surface area contributed by atoms with Crippen LogP contribution in [0.2, 0.25) is 0 Å². The second-order valence-corrected chi connectivity index (χ2v) is 7.32. The number of halogens is 1. The summed E-state index contributed by atoms with van der Waals surface area (Å²) in [6.07, 6.45) is 0. The van der Waals surface area contributed by atoms with Gasteiger partial charge in [0.05, 0.1) is 7.11 Å². The molecule has 1 aliphatic rings. The minimum atomic E-state index is -0.233. The summed E-state index contributed by atoms with van der Waals surface area (Å²) < 4.78 is 18.6. The molecule has 2 aromatic carbocycles. The van der Waals surface area contributed by atoms with E-state index < -0.39 is 0 Å². The molecule has 1 amide bonds. The monoisotopic (exact) mass is 370 g/mol. The lowest BCUT2D eigenvalue weighted by Gasteiger charge is -2.36. The van der Waals surface area contributed by atoms with E-state index in [0.717, 1.165) is 41.2 Å². The minimum Gasteiger partial charge on any atom is -0.496 e. The van der Waals surface area contributed by atoms with E-state index in [1.807, 2.05) is 24.0 Å². The van der Waals surface area contributed by atoms with Crippen molar-refractivity contribution in [1.82, 2.24) is 4.90 Å². The number of piperazine rings is 1. The first kappa shape index (κ1) is 19.2. The van der Waals surface area contributed by atoms with Gasteiger partial charge in [-0.25, -0.2) is 4.39 Å². The zero-order valence-electron chi connectivity index (χ0n) is 16.5. The van der Waals surface area contributed by atoms with Crippen LogP contribution in [0.3, 0.4) is 0 Å². The molecule has 0 spiro atoms. The smallest absolute Gasteiger partial charge is 0.254 e. The van der Waals surface area contributed by atoms with Crippen molar-refractivity contribution in [2.75, 3.05) is 38.2 Å². The fourth-order valence-electron chi connectivity index (χ4n) is 3.55. The van der Waals surface area contributed by atoms with E-state index in [4.69, 9.17) is 4.74 Å². The third-order valence-electron chi connectivity index (χ3n) is 5.19. The van der Waals surface area contributed by atoms with Gasteiger partial charge in [0.2, 0.25) is 0 Å². The number of carbonyl (C=O) groups is 1. The molecule has 2 aromatic rings. The molecule has 0 radical (unpaired) electrons. The van der Waals surface area contributed by atoms with Gasteiger partial charge in [0.1, 0.15) is 11.6 Å². The topological polar surface area (TPSA) is 32.8 Å². The Morgan fingerprint density at radius 2 is 1.70 bits per heavy atom. The first-order chi connectivity index (χ1) is 12.9. The van der Waals surface area contributed by atoms with Gasteiger partial charge in [-0.15, -0.1) is 0 Å². The molecule has 4 nitrogen and oxygen atoms in total. The summed E-state index contributed by atoms with van der Waals surface area (Å²) >= 11 is 0. The first-order valence-corrected chi connectivity index (χ1v) is 9.39. The number of anilines is 1. The van der Waals surface area contributed by atoms with E-state index in [2.05, 4.69) is 18.7 Å². The molecule has 144 valence electrons. The van der Waals surface area contributed by atoms with Crippen molar-refractivity contribution in [1.29, 1.82) is 0 Å². The summed E-state index contributed by atoms with van der Waals surface area (Å²) in [5.74, 6) is 0.946. The molecule has 5 heteroatoms. The summed E-state index contributed by atoms with van der Waals surface area (Å²) in [4.78, 5) is 17.2. The number of ether oxygens (including phenoxy) is 1. The molecule has 0 saturated carbocycles. The molecule has 0 aliphatic carbocycles. The largest absolute Gasteiger partial charge is 0.496 e. The van der Waals surface area contributed by atoms with Crippen molar-refractivity contribution in [2.24, 2.45) is 0 Å². The zero-order valence-corrected chi connectivity index (χ0v) is 16.5. The average Bonchev–Trinajstić information content (AvgIpc) is 2.67. The molecule has 0 atom stereocenters. The Labute approximate surface area is 160 Å². The van der Waals surface area contributed by atoms with Crippen LogP contribution in [0, 0.1) is 12.7 Å². The Morgan fingerprint density at radius 3 is 2.26 bits per heavy atom. The Bertz CT molecular complexity index is 810. The van der Waals surface area contributed by atoms with Crippen molar-refractivity contribution >= 4 is 11.6 Å². The maximum absolute atomic E-state index is 13.1. The van der Waals surface area contributed by atoms with Crippen molar-refractivity contribution < 1.29 is 13.9 Å². The van der Waals surface area contributed by atoms with Gasteiger partial charge >= 0.3 is 0 Å². The van der Waals surface area contributed by atoms with E-state index >= 15 is 0 Å². The lowest BCUT2D eigenvalue weighted by molar-refractivity contribution is 0.0746. The quantitative estimate of drug-likeness (QED) is 0.807.